The molecule has 0 amide bonds. The molecule has 2 rings (SSSR count). The summed E-state index contributed by atoms with van der Waals surface area (Å²) in [6.45, 7) is 0. The number of halogens is 3. The lowest BCUT2D eigenvalue weighted by atomic mass is 9.80. The van der Waals surface area contributed by atoms with Crippen LogP contribution in [0.3, 0.4) is 0 Å². The fourth-order valence-electron chi connectivity index (χ4n) is 2.53. The lowest BCUT2D eigenvalue weighted by Crippen LogP contribution is -2.39. The molecular formula is C13H16Cl2FN. The molecule has 1 saturated carbocycles. The highest BCUT2D eigenvalue weighted by atomic mass is 35.5. The van der Waals surface area contributed by atoms with E-state index in [0.29, 0.717) is 28.5 Å². The zero-order valence-electron chi connectivity index (χ0n) is 9.56. The Morgan fingerprint density at radius 1 is 1.35 bits per heavy atom. The number of alkyl halides is 1. The summed E-state index contributed by atoms with van der Waals surface area (Å²) in [7, 11) is 0. The van der Waals surface area contributed by atoms with Crippen molar-refractivity contribution < 1.29 is 4.39 Å². The van der Waals surface area contributed by atoms with Crippen molar-refractivity contribution in [2.75, 3.05) is 0 Å². The van der Waals surface area contributed by atoms with Gasteiger partial charge >= 0.3 is 0 Å². The standard InChI is InChI=1S/C13H16Cl2FN/c14-11-4-1-5-12(15)10(11)8-13(16)6-2-3-9(17)7-13/h1,4-5,9H,2-3,6-8,17H2. The first-order valence-electron chi connectivity index (χ1n) is 5.88. The van der Waals surface area contributed by atoms with E-state index in [4.69, 9.17) is 28.9 Å². The fraction of sp³-hybridized carbons (Fsp3) is 0.538. The van der Waals surface area contributed by atoms with Crippen LogP contribution < -0.4 is 5.73 Å². The van der Waals surface area contributed by atoms with Crippen LogP contribution in [0.2, 0.25) is 10.0 Å². The molecule has 1 nitrogen and oxygen atoms in total. The van der Waals surface area contributed by atoms with Crippen molar-refractivity contribution in [3.05, 3.63) is 33.8 Å². The van der Waals surface area contributed by atoms with Crippen molar-refractivity contribution >= 4 is 23.2 Å². The molecule has 0 spiro atoms. The van der Waals surface area contributed by atoms with Crippen molar-refractivity contribution in [2.24, 2.45) is 5.73 Å². The van der Waals surface area contributed by atoms with E-state index in [1.54, 1.807) is 18.2 Å². The van der Waals surface area contributed by atoms with Gasteiger partial charge in [-0.15, -0.1) is 0 Å². The summed E-state index contributed by atoms with van der Waals surface area (Å²) in [5.41, 5.74) is 5.28. The van der Waals surface area contributed by atoms with Gasteiger partial charge in [0.1, 0.15) is 5.67 Å². The van der Waals surface area contributed by atoms with E-state index in [1.165, 1.54) is 0 Å². The topological polar surface area (TPSA) is 26.0 Å². The molecule has 4 heteroatoms. The minimum Gasteiger partial charge on any atom is -0.328 e. The van der Waals surface area contributed by atoms with Crippen LogP contribution in [0.1, 0.15) is 31.2 Å². The molecule has 1 aromatic rings. The van der Waals surface area contributed by atoms with Crippen molar-refractivity contribution in [1.29, 1.82) is 0 Å². The third-order valence-corrected chi connectivity index (χ3v) is 4.09. The highest BCUT2D eigenvalue weighted by Gasteiger charge is 2.36. The molecule has 1 aliphatic rings. The lowest BCUT2D eigenvalue weighted by molar-refractivity contribution is 0.0965. The summed E-state index contributed by atoms with van der Waals surface area (Å²) in [5.74, 6) is 0. The Hall–Kier alpha value is -0.310. The SMILES string of the molecule is NC1CCCC(F)(Cc2c(Cl)cccc2Cl)C1. The Balaban J connectivity index is 2.19. The van der Waals surface area contributed by atoms with E-state index >= 15 is 0 Å². The highest BCUT2D eigenvalue weighted by molar-refractivity contribution is 6.36. The van der Waals surface area contributed by atoms with Crippen LogP contribution in [0.5, 0.6) is 0 Å². The predicted molar refractivity (Wildman–Crippen MR) is 70.4 cm³/mol. The molecule has 1 aromatic carbocycles. The maximum Gasteiger partial charge on any atom is 0.116 e. The summed E-state index contributed by atoms with van der Waals surface area (Å²) >= 11 is 12.1. The van der Waals surface area contributed by atoms with Gasteiger partial charge in [0.15, 0.2) is 0 Å². The third kappa shape index (κ3) is 3.12. The summed E-state index contributed by atoms with van der Waals surface area (Å²) in [6, 6.07) is 5.21. The maximum atomic E-state index is 14.7. The number of rotatable bonds is 2. The van der Waals surface area contributed by atoms with E-state index in [-0.39, 0.29) is 12.5 Å². The Labute approximate surface area is 111 Å². The van der Waals surface area contributed by atoms with Crippen molar-refractivity contribution in [2.45, 2.75) is 43.8 Å². The summed E-state index contributed by atoms with van der Waals surface area (Å²) in [4.78, 5) is 0. The van der Waals surface area contributed by atoms with Gasteiger partial charge in [-0.25, -0.2) is 4.39 Å². The first-order valence-corrected chi connectivity index (χ1v) is 6.63. The lowest BCUT2D eigenvalue weighted by Gasteiger charge is -2.33. The molecule has 0 heterocycles. The van der Waals surface area contributed by atoms with Crippen LogP contribution in [0.15, 0.2) is 18.2 Å². The highest BCUT2D eigenvalue weighted by Crippen LogP contribution is 2.37. The molecule has 17 heavy (non-hydrogen) atoms. The van der Waals surface area contributed by atoms with Gasteiger partial charge in [-0.05, 0) is 43.4 Å². The van der Waals surface area contributed by atoms with Crippen molar-refractivity contribution in [3.8, 4) is 0 Å². The minimum absolute atomic E-state index is 0.0463. The van der Waals surface area contributed by atoms with Gasteiger partial charge < -0.3 is 5.73 Å². The van der Waals surface area contributed by atoms with E-state index in [0.717, 1.165) is 12.8 Å². The number of benzene rings is 1. The van der Waals surface area contributed by atoms with Gasteiger partial charge in [-0.1, -0.05) is 29.3 Å². The molecule has 0 bridgehead atoms. The first-order chi connectivity index (χ1) is 8.00. The van der Waals surface area contributed by atoms with E-state index in [1.807, 2.05) is 0 Å². The van der Waals surface area contributed by atoms with Crippen molar-refractivity contribution in [3.63, 3.8) is 0 Å². The summed E-state index contributed by atoms with van der Waals surface area (Å²) in [6.07, 6.45) is 2.94. The second-order valence-electron chi connectivity index (χ2n) is 4.88. The van der Waals surface area contributed by atoms with Gasteiger partial charge in [0, 0.05) is 22.5 Å². The van der Waals surface area contributed by atoms with Crippen molar-refractivity contribution in [1.82, 2.24) is 0 Å². The maximum absolute atomic E-state index is 14.7. The molecule has 2 atom stereocenters. The first kappa shape index (κ1) is 13.1. The second kappa shape index (κ2) is 5.13. The number of hydrogen-bond donors (Lipinski definition) is 1. The quantitative estimate of drug-likeness (QED) is 0.863. The average molecular weight is 276 g/mol. The van der Waals surface area contributed by atoms with Gasteiger partial charge in [-0.2, -0.15) is 0 Å². The van der Waals surface area contributed by atoms with Gasteiger partial charge in [0.2, 0.25) is 0 Å². The molecule has 0 saturated heterocycles. The summed E-state index contributed by atoms with van der Waals surface area (Å²) < 4.78 is 14.7. The number of hydrogen-bond acceptors (Lipinski definition) is 1. The normalized spacial score (nSPS) is 29.3. The molecule has 1 fully saturated rings. The molecule has 0 radical (unpaired) electrons. The molecule has 1 aliphatic carbocycles. The van der Waals surface area contributed by atoms with Gasteiger partial charge in [0.25, 0.3) is 0 Å². The largest absolute Gasteiger partial charge is 0.328 e. The molecule has 0 aliphatic heterocycles. The Morgan fingerprint density at radius 2 is 2.00 bits per heavy atom. The Morgan fingerprint density at radius 3 is 2.59 bits per heavy atom. The van der Waals surface area contributed by atoms with Crippen LogP contribution in [-0.4, -0.2) is 11.7 Å². The van der Waals surface area contributed by atoms with Gasteiger partial charge in [-0.3, -0.25) is 0 Å². The predicted octanol–water partition coefficient (Wildman–Crippen LogP) is 4.15. The molecule has 2 unspecified atom stereocenters. The zero-order valence-corrected chi connectivity index (χ0v) is 11.1. The molecule has 0 aromatic heterocycles. The van der Waals surface area contributed by atoms with Crippen LogP contribution in [0, 0.1) is 0 Å². The Kier molecular flexibility index (Phi) is 3.96. The smallest absolute Gasteiger partial charge is 0.116 e. The van der Waals surface area contributed by atoms with E-state index in [2.05, 4.69) is 0 Å². The number of nitrogens with two attached hydrogens (primary N) is 1. The molecule has 94 valence electrons. The molecular weight excluding hydrogens is 260 g/mol. The Bertz CT molecular complexity index is 390. The van der Waals surface area contributed by atoms with Crippen LogP contribution in [0.4, 0.5) is 4.39 Å². The summed E-state index contributed by atoms with van der Waals surface area (Å²) in [5, 5.41) is 1.07. The molecule has 2 N–H and O–H groups in total. The minimum atomic E-state index is -1.26. The zero-order chi connectivity index (χ0) is 12.5. The van der Waals surface area contributed by atoms with E-state index < -0.39 is 5.67 Å². The fourth-order valence-corrected chi connectivity index (χ4v) is 3.06. The average Bonchev–Trinajstić information content (AvgIpc) is 2.23. The van der Waals surface area contributed by atoms with Gasteiger partial charge in [0.05, 0.1) is 0 Å². The van der Waals surface area contributed by atoms with Crippen LogP contribution in [-0.2, 0) is 6.42 Å². The van der Waals surface area contributed by atoms with E-state index in [9.17, 15) is 4.39 Å². The monoisotopic (exact) mass is 275 g/mol. The second-order valence-corrected chi connectivity index (χ2v) is 5.70. The van der Waals surface area contributed by atoms with Crippen LogP contribution in [0.25, 0.3) is 0 Å². The van der Waals surface area contributed by atoms with Crippen LogP contribution >= 0.6 is 23.2 Å². The third-order valence-electron chi connectivity index (χ3n) is 3.38.